The first-order valence-corrected chi connectivity index (χ1v) is 7.20. The molecule has 2 rings (SSSR count). The summed E-state index contributed by atoms with van der Waals surface area (Å²) in [5, 5.41) is 0. The molecule has 0 amide bonds. The van der Waals surface area contributed by atoms with Crippen molar-refractivity contribution in [2.75, 3.05) is 18.0 Å². The lowest BCUT2D eigenvalue weighted by molar-refractivity contribution is 0.111. The molecule has 4 heteroatoms. The molecule has 0 bridgehead atoms. The van der Waals surface area contributed by atoms with E-state index >= 15 is 0 Å². The van der Waals surface area contributed by atoms with E-state index in [9.17, 15) is 4.79 Å². The van der Waals surface area contributed by atoms with Gasteiger partial charge in [-0.2, -0.15) is 0 Å². The normalized spacial score (nSPS) is 11.5. The van der Waals surface area contributed by atoms with Crippen LogP contribution in [0.4, 0.5) is 5.82 Å². The Kier molecular flexibility index (Phi) is 4.42. The Balaban J connectivity index is 2.48. The molecule has 0 aliphatic heterocycles. The summed E-state index contributed by atoms with van der Waals surface area (Å²) in [7, 11) is 0. The van der Waals surface area contributed by atoms with Gasteiger partial charge in [0.05, 0.1) is 0 Å². The van der Waals surface area contributed by atoms with Gasteiger partial charge in [0.2, 0.25) is 0 Å². The van der Waals surface area contributed by atoms with E-state index in [0.717, 1.165) is 30.8 Å². The van der Waals surface area contributed by atoms with E-state index in [0.29, 0.717) is 17.5 Å². The lowest BCUT2D eigenvalue weighted by Crippen LogP contribution is -2.32. The average molecular weight is 273 g/mol. The third-order valence-electron chi connectivity index (χ3n) is 3.13. The predicted molar refractivity (Wildman–Crippen MR) is 82.5 cm³/mol. The van der Waals surface area contributed by atoms with Crippen LogP contribution in [0.1, 0.15) is 38.2 Å². The summed E-state index contributed by atoms with van der Waals surface area (Å²) >= 11 is 0. The van der Waals surface area contributed by atoms with Crippen LogP contribution in [0.15, 0.2) is 24.4 Å². The zero-order valence-electron chi connectivity index (χ0n) is 12.7. The van der Waals surface area contributed by atoms with Gasteiger partial charge in [0, 0.05) is 19.3 Å². The van der Waals surface area contributed by atoms with Gasteiger partial charge < -0.3 is 4.90 Å². The number of rotatable bonds is 6. The minimum Gasteiger partial charge on any atom is -0.354 e. The minimum absolute atomic E-state index is 0.526. The maximum atomic E-state index is 11.5. The number of imidazole rings is 1. The topological polar surface area (TPSA) is 37.6 Å². The van der Waals surface area contributed by atoms with E-state index in [1.165, 1.54) is 0 Å². The zero-order valence-corrected chi connectivity index (χ0v) is 12.7. The first kappa shape index (κ1) is 14.6. The molecule has 0 unspecified atom stereocenters. The van der Waals surface area contributed by atoms with Crippen LogP contribution in [-0.4, -0.2) is 28.8 Å². The largest absolute Gasteiger partial charge is 0.354 e. The van der Waals surface area contributed by atoms with Crippen molar-refractivity contribution in [3.05, 3.63) is 30.1 Å². The summed E-state index contributed by atoms with van der Waals surface area (Å²) in [5.41, 5.74) is 1.46. The highest BCUT2D eigenvalue weighted by molar-refractivity contribution is 5.83. The van der Waals surface area contributed by atoms with E-state index in [-0.39, 0.29) is 0 Å². The predicted octanol–water partition coefficient (Wildman–Crippen LogP) is 3.27. The van der Waals surface area contributed by atoms with Crippen molar-refractivity contribution >= 4 is 17.8 Å². The van der Waals surface area contributed by atoms with Gasteiger partial charge in [-0.3, -0.25) is 9.20 Å². The molecule has 108 valence electrons. The summed E-state index contributed by atoms with van der Waals surface area (Å²) in [6, 6.07) is 5.79. The summed E-state index contributed by atoms with van der Waals surface area (Å²) in [4.78, 5) is 18.4. The highest BCUT2D eigenvalue weighted by atomic mass is 16.1. The van der Waals surface area contributed by atoms with Gasteiger partial charge in [0.1, 0.15) is 11.3 Å². The summed E-state index contributed by atoms with van der Waals surface area (Å²) in [5.74, 6) is 1.85. The van der Waals surface area contributed by atoms with E-state index in [4.69, 9.17) is 0 Å². The summed E-state index contributed by atoms with van der Waals surface area (Å²) in [6.45, 7) is 10.5. The molecule has 0 aromatic carbocycles. The van der Waals surface area contributed by atoms with Gasteiger partial charge >= 0.3 is 0 Å². The van der Waals surface area contributed by atoms with Crippen molar-refractivity contribution in [2.45, 2.75) is 27.7 Å². The second-order valence-corrected chi connectivity index (χ2v) is 6.06. The molecule has 0 saturated carbocycles. The smallest absolute Gasteiger partial charge is 0.170 e. The number of carbonyl (C=O) groups is 1. The molecule has 0 fully saturated rings. The first-order valence-electron chi connectivity index (χ1n) is 7.20. The van der Waals surface area contributed by atoms with Crippen molar-refractivity contribution in [3.63, 3.8) is 0 Å². The van der Waals surface area contributed by atoms with Crippen LogP contribution < -0.4 is 4.90 Å². The molecular formula is C16H23N3O. The third-order valence-corrected chi connectivity index (χ3v) is 3.13. The van der Waals surface area contributed by atoms with Crippen LogP contribution >= 0.6 is 0 Å². The summed E-state index contributed by atoms with van der Waals surface area (Å²) in [6.07, 6.45) is 2.79. The van der Waals surface area contributed by atoms with Crippen LogP contribution in [-0.2, 0) is 0 Å². The van der Waals surface area contributed by atoms with Crippen molar-refractivity contribution < 1.29 is 4.79 Å². The molecule has 0 spiro atoms. The molecule has 0 radical (unpaired) electrons. The Morgan fingerprint density at radius 2 is 1.85 bits per heavy atom. The molecule has 0 aliphatic carbocycles. The van der Waals surface area contributed by atoms with Crippen LogP contribution in [0.3, 0.4) is 0 Å². The van der Waals surface area contributed by atoms with Crippen molar-refractivity contribution in [1.82, 2.24) is 9.38 Å². The van der Waals surface area contributed by atoms with E-state index in [1.807, 2.05) is 28.8 Å². The van der Waals surface area contributed by atoms with Gasteiger partial charge in [-0.1, -0.05) is 33.8 Å². The van der Waals surface area contributed by atoms with Crippen molar-refractivity contribution in [2.24, 2.45) is 11.8 Å². The average Bonchev–Trinajstić information content (AvgIpc) is 2.75. The molecular weight excluding hydrogens is 250 g/mol. The lowest BCUT2D eigenvalue weighted by atomic mass is 10.1. The fourth-order valence-corrected chi connectivity index (χ4v) is 2.47. The maximum absolute atomic E-state index is 11.5. The Bertz CT molecular complexity index is 576. The van der Waals surface area contributed by atoms with Crippen molar-refractivity contribution in [1.29, 1.82) is 0 Å². The van der Waals surface area contributed by atoms with Crippen LogP contribution in [0.5, 0.6) is 0 Å². The van der Waals surface area contributed by atoms with Gasteiger partial charge in [-0.25, -0.2) is 4.98 Å². The molecule has 2 aromatic heterocycles. The number of aldehydes is 1. The number of anilines is 1. The molecule has 2 heterocycles. The van der Waals surface area contributed by atoms with E-state index < -0.39 is 0 Å². The second-order valence-electron chi connectivity index (χ2n) is 6.06. The standard InChI is InChI=1S/C16H23N3O/c1-12(2)9-18(10-13(3)4)16-14(11-20)19-8-6-5-7-15(19)17-16/h5-8,11-13H,9-10H2,1-4H3. The van der Waals surface area contributed by atoms with Gasteiger partial charge in [0.25, 0.3) is 0 Å². The number of aromatic nitrogens is 2. The molecule has 0 atom stereocenters. The fraction of sp³-hybridized carbons (Fsp3) is 0.500. The number of hydrogen-bond acceptors (Lipinski definition) is 3. The number of nitrogens with zero attached hydrogens (tertiary/aromatic N) is 3. The zero-order chi connectivity index (χ0) is 14.7. The fourth-order valence-electron chi connectivity index (χ4n) is 2.47. The lowest BCUT2D eigenvalue weighted by Gasteiger charge is -2.26. The second kappa shape index (κ2) is 6.07. The molecule has 0 N–H and O–H groups in total. The number of pyridine rings is 1. The number of hydrogen-bond donors (Lipinski definition) is 0. The first-order chi connectivity index (χ1) is 9.52. The molecule has 20 heavy (non-hydrogen) atoms. The van der Waals surface area contributed by atoms with Gasteiger partial charge in [-0.05, 0) is 24.0 Å². The monoisotopic (exact) mass is 273 g/mol. The maximum Gasteiger partial charge on any atom is 0.170 e. The molecule has 0 aliphatic rings. The molecule has 4 nitrogen and oxygen atoms in total. The SMILES string of the molecule is CC(C)CN(CC(C)C)c1nc2ccccn2c1C=O. The third kappa shape index (κ3) is 3.00. The van der Waals surface area contributed by atoms with E-state index in [2.05, 4.69) is 37.6 Å². The van der Waals surface area contributed by atoms with Crippen LogP contribution in [0.2, 0.25) is 0 Å². The number of carbonyl (C=O) groups excluding carboxylic acids is 1. The van der Waals surface area contributed by atoms with E-state index in [1.54, 1.807) is 0 Å². The Labute approximate surface area is 120 Å². The molecule has 2 aromatic rings. The van der Waals surface area contributed by atoms with Crippen LogP contribution in [0.25, 0.3) is 5.65 Å². The minimum atomic E-state index is 0.526. The van der Waals surface area contributed by atoms with Crippen molar-refractivity contribution in [3.8, 4) is 0 Å². The highest BCUT2D eigenvalue weighted by Gasteiger charge is 2.19. The Hall–Kier alpha value is -1.84. The number of fused-ring (bicyclic) bond motifs is 1. The quantitative estimate of drug-likeness (QED) is 0.758. The van der Waals surface area contributed by atoms with Gasteiger partial charge in [0.15, 0.2) is 12.1 Å². The Morgan fingerprint density at radius 1 is 1.20 bits per heavy atom. The summed E-state index contributed by atoms with van der Waals surface area (Å²) < 4.78 is 1.86. The Morgan fingerprint density at radius 3 is 2.40 bits per heavy atom. The van der Waals surface area contributed by atoms with Gasteiger partial charge in [-0.15, -0.1) is 0 Å². The van der Waals surface area contributed by atoms with Crippen LogP contribution in [0, 0.1) is 11.8 Å². The highest BCUT2D eigenvalue weighted by Crippen LogP contribution is 2.22. The molecule has 0 saturated heterocycles.